The fourth-order valence-corrected chi connectivity index (χ4v) is 3.73. The Balaban J connectivity index is 2.27. The minimum absolute atomic E-state index is 0.00403. The van der Waals surface area contributed by atoms with Crippen LogP contribution in [0.5, 0.6) is 0 Å². The molecule has 0 spiro atoms. The average molecular weight is 317 g/mol. The molecule has 1 saturated heterocycles. The lowest BCUT2D eigenvalue weighted by Gasteiger charge is -2.23. The number of nitrogens with zero attached hydrogens (tertiary/aromatic N) is 3. The minimum Gasteiger partial charge on any atom is -0.480 e. The van der Waals surface area contributed by atoms with Crippen LogP contribution in [0.15, 0.2) is 17.3 Å². The average Bonchev–Trinajstić information content (AvgIpc) is 3.05. The molecule has 1 aliphatic rings. The van der Waals surface area contributed by atoms with E-state index in [1.165, 1.54) is 12.4 Å². The lowest BCUT2D eigenvalue weighted by Crippen LogP contribution is -2.40. The fourth-order valence-electron chi connectivity index (χ4n) is 2.20. The Morgan fingerprint density at radius 2 is 2.33 bits per heavy atom. The molecule has 0 aliphatic carbocycles. The van der Waals surface area contributed by atoms with Crippen molar-refractivity contribution in [1.82, 2.24) is 14.1 Å². The highest BCUT2D eigenvalue weighted by molar-refractivity contribution is 7.89. The van der Waals surface area contributed by atoms with Gasteiger partial charge in [0.15, 0.2) is 0 Å². The third kappa shape index (κ3) is 3.42. The van der Waals surface area contributed by atoms with Crippen LogP contribution in [-0.2, 0) is 19.6 Å². The van der Waals surface area contributed by atoms with E-state index in [4.69, 9.17) is 9.84 Å². The van der Waals surface area contributed by atoms with E-state index in [2.05, 4.69) is 5.10 Å². The normalized spacial score (nSPS) is 19.5. The fraction of sp³-hybridized carbons (Fsp3) is 0.667. The lowest BCUT2D eigenvalue weighted by atomic mass is 10.3. The van der Waals surface area contributed by atoms with Crippen molar-refractivity contribution >= 4 is 16.0 Å². The molecule has 1 aromatic heterocycles. The zero-order valence-corrected chi connectivity index (χ0v) is 12.8. The summed E-state index contributed by atoms with van der Waals surface area (Å²) < 4.78 is 32.8. The third-order valence-corrected chi connectivity index (χ3v) is 5.31. The van der Waals surface area contributed by atoms with Crippen LogP contribution in [0, 0.1) is 0 Å². The van der Waals surface area contributed by atoms with E-state index >= 15 is 0 Å². The molecular weight excluding hydrogens is 298 g/mol. The van der Waals surface area contributed by atoms with Crippen molar-refractivity contribution in [2.24, 2.45) is 0 Å². The van der Waals surface area contributed by atoms with Crippen LogP contribution in [-0.4, -0.2) is 59.4 Å². The summed E-state index contributed by atoms with van der Waals surface area (Å²) in [5, 5.41) is 12.9. The van der Waals surface area contributed by atoms with Crippen LogP contribution < -0.4 is 0 Å². The van der Waals surface area contributed by atoms with Crippen LogP contribution in [0.2, 0.25) is 0 Å². The standard InChI is InChI=1S/C12H19N3O5S/c1-9(2)15(7-12(16)17)21(18,19)11-5-13-14(6-11)10-3-4-20-8-10/h5-6,9-10H,3-4,7-8H2,1-2H3,(H,16,17). The van der Waals surface area contributed by atoms with Gasteiger partial charge in [0.25, 0.3) is 0 Å². The van der Waals surface area contributed by atoms with Crippen molar-refractivity contribution in [3.05, 3.63) is 12.4 Å². The van der Waals surface area contributed by atoms with Crippen molar-refractivity contribution in [2.45, 2.75) is 37.2 Å². The number of aromatic nitrogens is 2. The highest BCUT2D eigenvalue weighted by Gasteiger charge is 2.31. The second-order valence-electron chi connectivity index (χ2n) is 5.21. The van der Waals surface area contributed by atoms with Gasteiger partial charge in [-0.2, -0.15) is 9.40 Å². The number of ether oxygens (including phenoxy) is 1. The molecule has 1 unspecified atom stereocenters. The van der Waals surface area contributed by atoms with Crippen molar-refractivity contribution < 1.29 is 23.1 Å². The van der Waals surface area contributed by atoms with E-state index in [9.17, 15) is 13.2 Å². The SMILES string of the molecule is CC(C)N(CC(=O)O)S(=O)(=O)c1cnn(C2CCOC2)c1. The van der Waals surface area contributed by atoms with Gasteiger partial charge in [-0.05, 0) is 20.3 Å². The van der Waals surface area contributed by atoms with E-state index in [1.807, 2.05) is 0 Å². The predicted octanol–water partition coefficient (Wildman–Crippen LogP) is 0.328. The van der Waals surface area contributed by atoms with Crippen LogP contribution in [0.25, 0.3) is 0 Å². The number of aliphatic carboxylic acids is 1. The van der Waals surface area contributed by atoms with Gasteiger partial charge >= 0.3 is 5.97 Å². The number of sulfonamides is 1. The van der Waals surface area contributed by atoms with E-state index in [0.29, 0.717) is 13.2 Å². The van der Waals surface area contributed by atoms with Crippen LogP contribution >= 0.6 is 0 Å². The minimum atomic E-state index is -3.88. The van der Waals surface area contributed by atoms with Gasteiger partial charge in [0.05, 0.1) is 18.8 Å². The van der Waals surface area contributed by atoms with Crippen LogP contribution in [0.1, 0.15) is 26.3 Å². The Morgan fingerprint density at radius 3 is 2.86 bits per heavy atom. The Labute approximate surface area is 123 Å². The number of carboxylic acids is 1. The van der Waals surface area contributed by atoms with E-state index in [1.54, 1.807) is 18.5 Å². The topological polar surface area (TPSA) is 102 Å². The summed E-state index contributed by atoms with van der Waals surface area (Å²) in [6.07, 6.45) is 3.47. The first kappa shape index (κ1) is 15.9. The first-order valence-electron chi connectivity index (χ1n) is 6.68. The Kier molecular flexibility index (Phi) is 4.64. The highest BCUT2D eigenvalue weighted by atomic mass is 32.2. The van der Waals surface area contributed by atoms with Crippen molar-refractivity contribution in [2.75, 3.05) is 19.8 Å². The van der Waals surface area contributed by atoms with Gasteiger partial charge < -0.3 is 9.84 Å². The molecular formula is C12H19N3O5S. The number of rotatable bonds is 6. The number of carbonyl (C=O) groups is 1. The Hall–Kier alpha value is -1.45. The number of hydrogen-bond donors (Lipinski definition) is 1. The zero-order valence-electron chi connectivity index (χ0n) is 12.0. The highest BCUT2D eigenvalue weighted by Crippen LogP contribution is 2.22. The summed E-state index contributed by atoms with van der Waals surface area (Å²) in [4.78, 5) is 10.9. The smallest absolute Gasteiger partial charge is 0.318 e. The number of carboxylic acid groups (broad SMARTS) is 1. The molecule has 118 valence electrons. The predicted molar refractivity (Wildman–Crippen MR) is 73.4 cm³/mol. The first-order valence-corrected chi connectivity index (χ1v) is 8.12. The van der Waals surface area contributed by atoms with Gasteiger partial charge in [-0.1, -0.05) is 0 Å². The summed E-state index contributed by atoms with van der Waals surface area (Å²) in [6.45, 7) is 3.83. The molecule has 2 rings (SSSR count). The molecule has 8 nitrogen and oxygen atoms in total. The summed E-state index contributed by atoms with van der Waals surface area (Å²) in [5.74, 6) is -1.19. The maximum Gasteiger partial charge on any atom is 0.318 e. The van der Waals surface area contributed by atoms with Gasteiger partial charge in [-0.3, -0.25) is 9.48 Å². The Bertz CT molecular complexity index is 604. The monoisotopic (exact) mass is 317 g/mol. The summed E-state index contributed by atoms with van der Waals surface area (Å²) in [6, 6.07) is -0.426. The maximum absolute atomic E-state index is 12.5. The van der Waals surface area contributed by atoms with Crippen molar-refractivity contribution in [3.63, 3.8) is 0 Å². The molecule has 0 radical (unpaired) electrons. The molecule has 1 fully saturated rings. The van der Waals surface area contributed by atoms with E-state index in [-0.39, 0.29) is 10.9 Å². The second-order valence-corrected chi connectivity index (χ2v) is 7.10. The summed E-state index contributed by atoms with van der Waals surface area (Å²) in [5.41, 5.74) is 0. The molecule has 0 bridgehead atoms. The molecule has 2 heterocycles. The molecule has 1 N–H and O–H groups in total. The molecule has 1 aromatic rings. The largest absolute Gasteiger partial charge is 0.480 e. The van der Waals surface area contributed by atoms with Crippen LogP contribution in [0.3, 0.4) is 0 Å². The molecule has 21 heavy (non-hydrogen) atoms. The van der Waals surface area contributed by atoms with Gasteiger partial charge in [-0.15, -0.1) is 0 Å². The molecule has 0 amide bonds. The Morgan fingerprint density at radius 1 is 1.62 bits per heavy atom. The van der Waals surface area contributed by atoms with E-state index in [0.717, 1.165) is 10.7 Å². The molecule has 0 aromatic carbocycles. The van der Waals surface area contributed by atoms with Gasteiger partial charge in [0, 0.05) is 18.8 Å². The van der Waals surface area contributed by atoms with E-state index < -0.39 is 28.6 Å². The van der Waals surface area contributed by atoms with Gasteiger partial charge in [0.1, 0.15) is 11.4 Å². The molecule has 0 saturated carbocycles. The molecule has 1 aliphatic heterocycles. The van der Waals surface area contributed by atoms with Gasteiger partial charge in [0.2, 0.25) is 10.0 Å². The van der Waals surface area contributed by atoms with Gasteiger partial charge in [-0.25, -0.2) is 8.42 Å². The summed E-state index contributed by atoms with van der Waals surface area (Å²) >= 11 is 0. The second kappa shape index (κ2) is 6.12. The quantitative estimate of drug-likeness (QED) is 0.811. The maximum atomic E-state index is 12.5. The molecule has 9 heteroatoms. The van der Waals surface area contributed by atoms with Crippen molar-refractivity contribution in [3.8, 4) is 0 Å². The molecule has 1 atom stereocenters. The van der Waals surface area contributed by atoms with Crippen LogP contribution in [0.4, 0.5) is 0 Å². The summed E-state index contributed by atoms with van der Waals surface area (Å²) in [7, 11) is -3.88. The zero-order chi connectivity index (χ0) is 15.6. The number of hydrogen-bond acceptors (Lipinski definition) is 5. The lowest BCUT2D eigenvalue weighted by molar-refractivity contribution is -0.137. The first-order chi connectivity index (χ1) is 9.82. The third-order valence-electron chi connectivity index (χ3n) is 3.33. The van der Waals surface area contributed by atoms with Crippen molar-refractivity contribution in [1.29, 1.82) is 0 Å².